The molecule has 0 saturated heterocycles. The maximum Gasteiger partial charge on any atom is 0.240 e. The van der Waals surface area contributed by atoms with Gasteiger partial charge in [0, 0.05) is 16.7 Å². The molecule has 4 N–H and O–H groups in total. The molecule has 0 amide bonds. The SMILES string of the molecule is CCNS(=O)(=O)c1ccc(N)c(Nc2ccc(Br)cc2)c1. The zero-order valence-corrected chi connectivity index (χ0v) is 13.8. The van der Waals surface area contributed by atoms with Crippen molar-refractivity contribution >= 4 is 43.0 Å². The molecule has 0 spiro atoms. The Kier molecular flexibility index (Phi) is 4.87. The third-order valence-corrected chi connectivity index (χ3v) is 4.86. The fourth-order valence-electron chi connectivity index (χ4n) is 1.77. The van der Waals surface area contributed by atoms with E-state index in [-0.39, 0.29) is 4.90 Å². The molecule has 0 unspecified atom stereocenters. The number of rotatable bonds is 5. The molecular weight excluding hydrogens is 354 g/mol. The van der Waals surface area contributed by atoms with Crippen LogP contribution in [0.1, 0.15) is 6.92 Å². The molecule has 0 aliphatic rings. The quantitative estimate of drug-likeness (QED) is 0.707. The van der Waals surface area contributed by atoms with Gasteiger partial charge in [-0.25, -0.2) is 13.1 Å². The number of hydrogen-bond acceptors (Lipinski definition) is 4. The predicted octanol–water partition coefficient (Wildman–Crippen LogP) is 3.07. The van der Waals surface area contributed by atoms with Gasteiger partial charge >= 0.3 is 0 Å². The van der Waals surface area contributed by atoms with E-state index in [0.29, 0.717) is 17.9 Å². The summed E-state index contributed by atoms with van der Waals surface area (Å²) in [6.07, 6.45) is 0. The van der Waals surface area contributed by atoms with Crippen molar-refractivity contribution in [3.8, 4) is 0 Å². The minimum Gasteiger partial charge on any atom is -0.397 e. The van der Waals surface area contributed by atoms with E-state index in [0.717, 1.165) is 10.2 Å². The van der Waals surface area contributed by atoms with Gasteiger partial charge in [-0.3, -0.25) is 0 Å². The first kappa shape index (κ1) is 15.8. The lowest BCUT2D eigenvalue weighted by Crippen LogP contribution is -2.23. The Morgan fingerprint density at radius 2 is 1.81 bits per heavy atom. The highest BCUT2D eigenvalue weighted by Crippen LogP contribution is 2.27. The summed E-state index contributed by atoms with van der Waals surface area (Å²) >= 11 is 3.36. The fraction of sp³-hybridized carbons (Fsp3) is 0.143. The zero-order chi connectivity index (χ0) is 15.5. The number of anilines is 3. The highest BCUT2D eigenvalue weighted by atomic mass is 79.9. The van der Waals surface area contributed by atoms with Gasteiger partial charge in [0.15, 0.2) is 0 Å². The third kappa shape index (κ3) is 3.96. The van der Waals surface area contributed by atoms with Crippen molar-refractivity contribution in [2.24, 2.45) is 0 Å². The van der Waals surface area contributed by atoms with Gasteiger partial charge in [0.05, 0.1) is 16.3 Å². The summed E-state index contributed by atoms with van der Waals surface area (Å²) in [7, 11) is -3.50. The van der Waals surface area contributed by atoms with E-state index in [2.05, 4.69) is 26.0 Å². The highest BCUT2D eigenvalue weighted by Gasteiger charge is 2.14. The molecule has 0 aliphatic carbocycles. The summed E-state index contributed by atoms with van der Waals surface area (Å²) in [6, 6.07) is 12.1. The van der Waals surface area contributed by atoms with Crippen LogP contribution in [0.2, 0.25) is 0 Å². The molecule has 0 bridgehead atoms. The van der Waals surface area contributed by atoms with Gasteiger partial charge < -0.3 is 11.1 Å². The van der Waals surface area contributed by atoms with Crippen LogP contribution in [0.5, 0.6) is 0 Å². The van der Waals surface area contributed by atoms with Crippen LogP contribution in [-0.2, 0) is 10.0 Å². The average molecular weight is 370 g/mol. The van der Waals surface area contributed by atoms with Crippen molar-refractivity contribution in [3.63, 3.8) is 0 Å². The Balaban J connectivity index is 2.33. The van der Waals surface area contributed by atoms with Gasteiger partial charge in [-0.1, -0.05) is 22.9 Å². The molecule has 5 nitrogen and oxygen atoms in total. The van der Waals surface area contributed by atoms with Gasteiger partial charge in [0.25, 0.3) is 0 Å². The predicted molar refractivity (Wildman–Crippen MR) is 89.1 cm³/mol. The lowest BCUT2D eigenvalue weighted by atomic mass is 10.2. The molecule has 2 rings (SSSR count). The number of hydrogen-bond donors (Lipinski definition) is 3. The molecule has 2 aromatic rings. The van der Waals surface area contributed by atoms with Crippen LogP contribution in [0.4, 0.5) is 17.1 Å². The molecular formula is C14H16BrN3O2S. The average Bonchev–Trinajstić information content (AvgIpc) is 2.43. The summed E-state index contributed by atoms with van der Waals surface area (Å²) < 4.78 is 27.4. The molecule has 0 radical (unpaired) electrons. The minimum absolute atomic E-state index is 0.179. The molecule has 7 heteroatoms. The Hall–Kier alpha value is -1.57. The molecule has 0 fully saturated rings. The lowest BCUT2D eigenvalue weighted by molar-refractivity contribution is 0.584. The second-order valence-corrected chi connectivity index (χ2v) is 7.06. The van der Waals surface area contributed by atoms with Crippen molar-refractivity contribution in [1.29, 1.82) is 0 Å². The first-order valence-electron chi connectivity index (χ1n) is 6.34. The Morgan fingerprint density at radius 3 is 2.43 bits per heavy atom. The summed E-state index contributed by atoms with van der Waals surface area (Å²) in [4.78, 5) is 0.179. The number of nitrogens with one attached hydrogen (secondary N) is 2. The standard InChI is InChI=1S/C14H16BrN3O2S/c1-2-17-21(19,20)12-7-8-13(16)14(9-12)18-11-5-3-10(15)4-6-11/h3-9,17-18H,2,16H2,1H3. The second kappa shape index (κ2) is 6.46. The Labute approximate surface area is 132 Å². The van der Waals surface area contributed by atoms with Crippen molar-refractivity contribution in [1.82, 2.24) is 4.72 Å². The van der Waals surface area contributed by atoms with E-state index in [1.165, 1.54) is 12.1 Å². The molecule has 0 atom stereocenters. The molecule has 0 saturated carbocycles. The maximum absolute atomic E-state index is 12.0. The third-order valence-electron chi connectivity index (χ3n) is 2.79. The van der Waals surface area contributed by atoms with Gasteiger partial charge in [0.2, 0.25) is 10.0 Å². The van der Waals surface area contributed by atoms with Crippen LogP contribution in [0.25, 0.3) is 0 Å². The number of halogens is 1. The van der Waals surface area contributed by atoms with Gasteiger partial charge in [0.1, 0.15) is 0 Å². The van der Waals surface area contributed by atoms with Gasteiger partial charge in [-0.2, -0.15) is 0 Å². The van der Waals surface area contributed by atoms with E-state index < -0.39 is 10.0 Å². The van der Waals surface area contributed by atoms with Crippen molar-refractivity contribution < 1.29 is 8.42 Å². The monoisotopic (exact) mass is 369 g/mol. The normalized spacial score (nSPS) is 11.3. The number of benzene rings is 2. The van der Waals surface area contributed by atoms with Gasteiger partial charge in [-0.05, 0) is 42.5 Å². The second-order valence-electron chi connectivity index (χ2n) is 4.38. The fourth-order valence-corrected chi connectivity index (χ4v) is 3.10. The van der Waals surface area contributed by atoms with Crippen LogP contribution in [-0.4, -0.2) is 15.0 Å². The van der Waals surface area contributed by atoms with E-state index in [9.17, 15) is 8.42 Å². The molecule has 0 aliphatic heterocycles. The van der Waals surface area contributed by atoms with Crippen molar-refractivity contribution in [2.45, 2.75) is 11.8 Å². The van der Waals surface area contributed by atoms with Gasteiger partial charge in [-0.15, -0.1) is 0 Å². The Bertz CT molecular complexity index is 730. The first-order valence-corrected chi connectivity index (χ1v) is 8.62. The molecule has 112 valence electrons. The Morgan fingerprint density at radius 1 is 1.14 bits per heavy atom. The largest absolute Gasteiger partial charge is 0.397 e. The van der Waals surface area contributed by atoms with Crippen LogP contribution in [0, 0.1) is 0 Å². The van der Waals surface area contributed by atoms with Crippen LogP contribution >= 0.6 is 15.9 Å². The lowest BCUT2D eigenvalue weighted by Gasteiger charge is -2.12. The highest BCUT2D eigenvalue weighted by molar-refractivity contribution is 9.10. The van der Waals surface area contributed by atoms with Crippen LogP contribution in [0.15, 0.2) is 51.8 Å². The maximum atomic E-state index is 12.0. The number of nitrogens with two attached hydrogens (primary N) is 1. The topological polar surface area (TPSA) is 84.2 Å². The van der Waals surface area contributed by atoms with Crippen LogP contribution in [0.3, 0.4) is 0 Å². The summed E-state index contributed by atoms with van der Waals surface area (Å²) in [5.74, 6) is 0. The summed E-state index contributed by atoms with van der Waals surface area (Å²) in [6.45, 7) is 2.07. The smallest absolute Gasteiger partial charge is 0.240 e. The van der Waals surface area contributed by atoms with E-state index in [1.807, 2.05) is 24.3 Å². The minimum atomic E-state index is -3.50. The first-order chi connectivity index (χ1) is 9.92. The molecule has 2 aromatic carbocycles. The summed E-state index contributed by atoms with van der Waals surface area (Å²) in [5.41, 5.74) is 7.75. The zero-order valence-electron chi connectivity index (χ0n) is 11.4. The van der Waals surface area contributed by atoms with E-state index in [1.54, 1.807) is 13.0 Å². The van der Waals surface area contributed by atoms with E-state index in [4.69, 9.17) is 5.73 Å². The molecule has 21 heavy (non-hydrogen) atoms. The van der Waals surface area contributed by atoms with Crippen molar-refractivity contribution in [3.05, 3.63) is 46.9 Å². The van der Waals surface area contributed by atoms with Crippen molar-refractivity contribution in [2.75, 3.05) is 17.6 Å². The number of nitrogen functional groups attached to an aromatic ring is 1. The van der Waals surface area contributed by atoms with Crippen LogP contribution < -0.4 is 15.8 Å². The van der Waals surface area contributed by atoms with E-state index >= 15 is 0 Å². The molecule has 0 heterocycles. The molecule has 0 aromatic heterocycles. The summed E-state index contributed by atoms with van der Waals surface area (Å²) in [5, 5.41) is 3.12. The number of sulfonamides is 1.